The summed E-state index contributed by atoms with van der Waals surface area (Å²) in [4.78, 5) is 15.9. The number of aromatic nitrogens is 2. The Morgan fingerprint density at radius 3 is 2.56 bits per heavy atom. The normalized spacial score (nSPS) is 11.9. The second kappa shape index (κ2) is 12.3. The van der Waals surface area contributed by atoms with Gasteiger partial charge in [-0.1, -0.05) is 61.6 Å². The van der Waals surface area contributed by atoms with Gasteiger partial charge in [0.15, 0.2) is 0 Å². The Kier molecular flexibility index (Phi) is 9.15. The van der Waals surface area contributed by atoms with Crippen LogP contribution >= 0.6 is 0 Å². The fourth-order valence-electron chi connectivity index (χ4n) is 3.32. The Morgan fingerprint density at radius 1 is 1.14 bits per heavy atom. The summed E-state index contributed by atoms with van der Waals surface area (Å²) < 4.78 is 49.4. The molecule has 3 rings (SSSR count). The fraction of sp³-hybridized carbons (Fsp3) is 0.231. The Labute approximate surface area is 210 Å². The number of benzene rings is 2. The van der Waals surface area contributed by atoms with Gasteiger partial charge in [0.2, 0.25) is 21.7 Å². The van der Waals surface area contributed by atoms with Gasteiger partial charge in [-0.3, -0.25) is 4.79 Å². The standard InChI is InChI=1S/C26H29FN4O4S/c1-4-5-6-7-11-14-28-36(33,34)24-16-22(19(2)15-21(24)27)29-26-30-25(32)23(35-3)18-31(26)17-20-12-9-8-10-13-20/h5-13,15-16,18,28H,4,14,17H2,1-3H3,(H,29,30,32)/b6-5-,11-7-. The predicted molar refractivity (Wildman–Crippen MR) is 139 cm³/mol. The van der Waals surface area contributed by atoms with E-state index in [1.165, 1.54) is 19.4 Å². The lowest BCUT2D eigenvalue weighted by Crippen LogP contribution is -2.25. The molecular weight excluding hydrogens is 483 g/mol. The van der Waals surface area contributed by atoms with Crippen LogP contribution in [0.5, 0.6) is 5.75 Å². The number of nitrogens with zero attached hydrogens (tertiary/aromatic N) is 2. The third-order valence-electron chi connectivity index (χ3n) is 5.20. The lowest BCUT2D eigenvalue weighted by molar-refractivity contribution is 0.402. The Hall–Kier alpha value is -3.76. The fourth-order valence-corrected chi connectivity index (χ4v) is 4.38. The molecule has 36 heavy (non-hydrogen) atoms. The summed E-state index contributed by atoms with van der Waals surface area (Å²) in [5, 5.41) is 3.00. The summed E-state index contributed by atoms with van der Waals surface area (Å²) >= 11 is 0. The number of anilines is 2. The van der Waals surface area contributed by atoms with Crippen LogP contribution in [0, 0.1) is 12.7 Å². The molecule has 0 amide bonds. The molecule has 2 aromatic carbocycles. The highest BCUT2D eigenvalue weighted by Crippen LogP contribution is 2.26. The number of halogens is 1. The van der Waals surface area contributed by atoms with Crippen LogP contribution < -0.4 is 20.3 Å². The van der Waals surface area contributed by atoms with Gasteiger partial charge in [0.1, 0.15) is 10.7 Å². The van der Waals surface area contributed by atoms with Gasteiger partial charge < -0.3 is 14.6 Å². The Balaban J connectivity index is 1.94. The summed E-state index contributed by atoms with van der Waals surface area (Å²) in [7, 11) is -2.77. The molecule has 0 aliphatic heterocycles. The zero-order valence-electron chi connectivity index (χ0n) is 20.4. The highest BCUT2D eigenvalue weighted by molar-refractivity contribution is 7.89. The van der Waals surface area contributed by atoms with Crippen LogP contribution in [0.4, 0.5) is 16.0 Å². The molecule has 190 valence electrons. The van der Waals surface area contributed by atoms with Crippen LogP contribution in [-0.4, -0.2) is 31.6 Å². The maximum absolute atomic E-state index is 14.7. The summed E-state index contributed by atoms with van der Waals surface area (Å²) in [5.41, 5.74) is 1.07. The number of aryl methyl sites for hydroxylation is 1. The smallest absolute Gasteiger partial charge is 0.316 e. The molecule has 0 atom stereocenters. The monoisotopic (exact) mass is 512 g/mol. The summed E-state index contributed by atoms with van der Waals surface area (Å²) in [6, 6.07) is 11.8. The van der Waals surface area contributed by atoms with E-state index in [9.17, 15) is 17.6 Å². The Bertz CT molecular complexity index is 1420. The van der Waals surface area contributed by atoms with Gasteiger partial charge in [-0.15, -0.1) is 0 Å². The van der Waals surface area contributed by atoms with E-state index in [1.807, 2.05) is 43.3 Å². The molecule has 10 heteroatoms. The van der Waals surface area contributed by atoms with Crippen LogP contribution in [0.15, 0.2) is 82.7 Å². The van der Waals surface area contributed by atoms with Crippen LogP contribution in [0.2, 0.25) is 0 Å². The molecule has 0 radical (unpaired) electrons. The molecule has 0 aliphatic rings. The number of hydrogen-bond donors (Lipinski definition) is 2. The van der Waals surface area contributed by atoms with E-state index >= 15 is 0 Å². The van der Waals surface area contributed by atoms with Gasteiger partial charge in [0.25, 0.3) is 0 Å². The second-order valence-electron chi connectivity index (χ2n) is 7.89. The van der Waals surface area contributed by atoms with Gasteiger partial charge in [0.05, 0.1) is 19.9 Å². The van der Waals surface area contributed by atoms with E-state index < -0.39 is 26.3 Å². The molecule has 3 aromatic rings. The predicted octanol–water partition coefficient (Wildman–Crippen LogP) is 4.29. The highest BCUT2D eigenvalue weighted by atomic mass is 32.2. The minimum atomic E-state index is -4.14. The van der Waals surface area contributed by atoms with E-state index in [4.69, 9.17) is 4.74 Å². The maximum atomic E-state index is 14.7. The first-order chi connectivity index (χ1) is 17.2. The van der Waals surface area contributed by atoms with E-state index in [0.717, 1.165) is 18.1 Å². The van der Waals surface area contributed by atoms with Gasteiger partial charge in [-0.2, -0.15) is 4.98 Å². The van der Waals surface area contributed by atoms with Gasteiger partial charge in [-0.25, -0.2) is 17.5 Å². The van der Waals surface area contributed by atoms with Crippen molar-refractivity contribution in [2.24, 2.45) is 0 Å². The van der Waals surface area contributed by atoms with Crippen LogP contribution in [0.3, 0.4) is 0 Å². The van der Waals surface area contributed by atoms with E-state index in [-0.39, 0.29) is 23.9 Å². The molecule has 0 saturated carbocycles. The summed E-state index contributed by atoms with van der Waals surface area (Å²) in [6.45, 7) is 3.98. The number of sulfonamides is 1. The lowest BCUT2D eigenvalue weighted by Gasteiger charge is -2.17. The molecule has 0 unspecified atom stereocenters. The van der Waals surface area contributed by atoms with Gasteiger partial charge >= 0.3 is 5.56 Å². The average Bonchev–Trinajstić information content (AvgIpc) is 2.85. The highest BCUT2D eigenvalue weighted by Gasteiger charge is 2.21. The van der Waals surface area contributed by atoms with Crippen molar-refractivity contribution in [2.75, 3.05) is 19.0 Å². The number of ether oxygens (including phenoxy) is 1. The molecule has 0 fully saturated rings. The molecule has 1 heterocycles. The first-order valence-electron chi connectivity index (χ1n) is 11.3. The third kappa shape index (κ3) is 6.89. The molecule has 0 saturated heterocycles. The molecule has 1 aromatic heterocycles. The molecule has 8 nitrogen and oxygen atoms in total. The van der Waals surface area contributed by atoms with Crippen molar-refractivity contribution in [3.63, 3.8) is 0 Å². The molecule has 0 bridgehead atoms. The number of methoxy groups -OCH3 is 1. The molecular formula is C26H29FN4O4S. The molecule has 2 N–H and O–H groups in total. The van der Waals surface area contributed by atoms with Crippen molar-refractivity contribution in [2.45, 2.75) is 31.7 Å². The molecule has 0 spiro atoms. The van der Waals surface area contributed by atoms with Gasteiger partial charge in [0, 0.05) is 12.2 Å². The quantitative estimate of drug-likeness (QED) is 0.372. The zero-order chi connectivity index (χ0) is 26.1. The minimum Gasteiger partial charge on any atom is -0.490 e. The van der Waals surface area contributed by atoms with Crippen molar-refractivity contribution in [3.8, 4) is 5.75 Å². The number of allylic oxidation sites excluding steroid dienone is 3. The minimum absolute atomic E-state index is 0.00309. The first-order valence-corrected chi connectivity index (χ1v) is 12.8. The van der Waals surface area contributed by atoms with Crippen LogP contribution in [-0.2, 0) is 16.6 Å². The summed E-state index contributed by atoms with van der Waals surface area (Å²) in [6.07, 6.45) is 9.45. The van der Waals surface area contributed by atoms with Gasteiger partial charge in [-0.05, 0) is 36.6 Å². The first kappa shape index (κ1) is 26.8. The number of rotatable bonds is 11. The van der Waals surface area contributed by atoms with Crippen molar-refractivity contribution in [1.82, 2.24) is 14.3 Å². The lowest BCUT2D eigenvalue weighted by atomic mass is 10.2. The van der Waals surface area contributed by atoms with E-state index in [0.29, 0.717) is 12.1 Å². The largest absolute Gasteiger partial charge is 0.490 e. The molecule has 0 aliphatic carbocycles. The number of nitrogens with one attached hydrogen (secondary N) is 2. The topological polar surface area (TPSA) is 102 Å². The van der Waals surface area contributed by atoms with Crippen molar-refractivity contribution >= 4 is 21.7 Å². The number of hydrogen-bond acceptors (Lipinski definition) is 6. The second-order valence-corrected chi connectivity index (χ2v) is 9.63. The van der Waals surface area contributed by atoms with E-state index in [2.05, 4.69) is 15.0 Å². The SMILES string of the molecule is CC/C=C\C=C/CNS(=O)(=O)c1cc(Nc2nc(=O)c(OC)cn2Cc2ccccc2)c(C)cc1F. The summed E-state index contributed by atoms with van der Waals surface area (Å²) in [5.74, 6) is -0.673. The van der Waals surface area contributed by atoms with E-state index in [1.54, 1.807) is 29.7 Å². The third-order valence-corrected chi connectivity index (χ3v) is 6.64. The maximum Gasteiger partial charge on any atom is 0.316 e. The van der Waals surface area contributed by atoms with Crippen LogP contribution in [0.1, 0.15) is 24.5 Å². The Morgan fingerprint density at radius 2 is 1.86 bits per heavy atom. The van der Waals surface area contributed by atoms with Crippen LogP contribution in [0.25, 0.3) is 0 Å². The van der Waals surface area contributed by atoms with Crippen molar-refractivity contribution < 1.29 is 17.5 Å². The zero-order valence-corrected chi connectivity index (χ0v) is 21.2. The average molecular weight is 513 g/mol. The van der Waals surface area contributed by atoms with Crippen molar-refractivity contribution in [1.29, 1.82) is 0 Å². The van der Waals surface area contributed by atoms with Crippen molar-refractivity contribution in [3.05, 3.63) is 100 Å².